The third kappa shape index (κ3) is 8.68. The van der Waals surface area contributed by atoms with Crippen molar-refractivity contribution >= 4 is 41.7 Å². The fourth-order valence-electron chi connectivity index (χ4n) is 4.82. The van der Waals surface area contributed by atoms with E-state index in [0.717, 1.165) is 16.0 Å². The number of nitrogens with zero attached hydrogens (tertiary/aromatic N) is 2. The summed E-state index contributed by atoms with van der Waals surface area (Å²) in [5.41, 5.74) is 0.734. The molecule has 5 amide bonds. The third-order valence-corrected chi connectivity index (χ3v) is 7.23. The molecule has 1 heterocycles. The highest BCUT2D eigenvalue weighted by Crippen LogP contribution is 2.44. The van der Waals surface area contributed by atoms with Crippen molar-refractivity contribution in [1.29, 1.82) is 0 Å². The number of aliphatic imine (C=N–C) groups is 1. The maximum Gasteiger partial charge on any atom is 0.414 e. The monoisotopic (exact) mass is 629 g/mol. The van der Waals surface area contributed by atoms with Gasteiger partial charge in [-0.05, 0) is 43.0 Å². The Balaban J connectivity index is 1.38. The lowest BCUT2D eigenvalue weighted by Crippen LogP contribution is -2.73. The number of benzene rings is 3. The minimum atomic E-state index is -1.25. The lowest BCUT2D eigenvalue weighted by Gasteiger charge is -2.51. The molecule has 1 unspecified atom stereocenters. The first-order valence-corrected chi connectivity index (χ1v) is 14.5. The van der Waals surface area contributed by atoms with Gasteiger partial charge in [-0.2, -0.15) is 0 Å². The molecule has 0 aliphatic carbocycles. The van der Waals surface area contributed by atoms with E-state index < -0.39 is 41.6 Å². The SMILES string of the molecule is COC(=O)C1N(C(=O)Nc2ccccc2)C(=O)[C@]1(C)CCCN=C(NC(=O)OCc1ccccc1)NC(=O)OCc1ccccc1. The Morgan fingerprint density at radius 1 is 0.804 bits per heavy atom. The summed E-state index contributed by atoms with van der Waals surface area (Å²) in [7, 11) is 1.18. The van der Waals surface area contributed by atoms with Crippen LogP contribution >= 0.6 is 0 Å². The molecule has 1 aliphatic rings. The van der Waals surface area contributed by atoms with Crippen LogP contribution < -0.4 is 16.0 Å². The smallest absolute Gasteiger partial charge is 0.414 e. The van der Waals surface area contributed by atoms with Crippen LogP contribution in [0.25, 0.3) is 0 Å². The molecule has 1 saturated heterocycles. The summed E-state index contributed by atoms with van der Waals surface area (Å²) in [6.07, 6.45) is -1.33. The predicted octanol–water partition coefficient (Wildman–Crippen LogP) is 4.60. The second-order valence-electron chi connectivity index (χ2n) is 10.5. The zero-order chi connectivity index (χ0) is 32.9. The highest BCUT2D eigenvalue weighted by atomic mass is 16.6. The average Bonchev–Trinajstić information content (AvgIpc) is 3.07. The molecule has 240 valence electrons. The second-order valence-corrected chi connectivity index (χ2v) is 10.5. The van der Waals surface area contributed by atoms with Crippen molar-refractivity contribution in [2.45, 2.75) is 39.0 Å². The third-order valence-electron chi connectivity index (χ3n) is 7.23. The zero-order valence-electron chi connectivity index (χ0n) is 25.4. The molecule has 2 atom stereocenters. The van der Waals surface area contributed by atoms with Gasteiger partial charge in [0, 0.05) is 12.2 Å². The van der Waals surface area contributed by atoms with Crippen molar-refractivity contribution in [2.75, 3.05) is 19.0 Å². The number of β-lactam (4-membered cyclic amide) rings is 1. The number of carbonyl (C=O) groups is 5. The minimum Gasteiger partial charge on any atom is -0.467 e. The van der Waals surface area contributed by atoms with Crippen molar-refractivity contribution in [3.63, 3.8) is 0 Å². The van der Waals surface area contributed by atoms with Crippen molar-refractivity contribution in [3.05, 3.63) is 102 Å². The van der Waals surface area contributed by atoms with E-state index in [1.807, 2.05) is 12.1 Å². The second kappa shape index (κ2) is 15.8. The quantitative estimate of drug-likeness (QED) is 0.0731. The van der Waals surface area contributed by atoms with Gasteiger partial charge < -0.3 is 19.5 Å². The Labute approximate surface area is 265 Å². The van der Waals surface area contributed by atoms with Crippen LogP contribution in [-0.4, -0.2) is 60.6 Å². The molecule has 1 aliphatic heterocycles. The van der Waals surface area contributed by atoms with Gasteiger partial charge in [-0.3, -0.25) is 20.4 Å². The molecule has 3 N–H and O–H groups in total. The molecule has 1 fully saturated rings. The summed E-state index contributed by atoms with van der Waals surface area (Å²) < 4.78 is 15.4. The highest BCUT2D eigenvalue weighted by Gasteiger charge is 2.63. The van der Waals surface area contributed by atoms with E-state index in [1.165, 1.54) is 7.11 Å². The van der Waals surface area contributed by atoms with Gasteiger partial charge >= 0.3 is 24.2 Å². The largest absolute Gasteiger partial charge is 0.467 e. The van der Waals surface area contributed by atoms with Gasteiger partial charge in [0.1, 0.15) is 13.2 Å². The first kappa shape index (κ1) is 33.2. The van der Waals surface area contributed by atoms with Gasteiger partial charge in [0.25, 0.3) is 0 Å². The molecular formula is C33H35N5O8. The molecule has 0 radical (unpaired) electrons. The standard InChI is InChI=1S/C33H35N5O8/c1-33(26(27(39)44-2)38(28(33)40)30(41)35-25-17-10-5-11-18-25)19-12-20-34-29(36-31(42)45-21-23-13-6-3-7-14-23)37-32(43)46-22-24-15-8-4-9-16-24/h3-11,13-18,26H,12,19-22H2,1-2H3,(H,35,41)(H2,34,36,37,42,43)/t26?,33-/m1/s1. The van der Waals surface area contributed by atoms with E-state index in [1.54, 1.807) is 85.8 Å². The van der Waals surface area contributed by atoms with Gasteiger partial charge in [0.05, 0.1) is 12.5 Å². The molecule has 0 bridgehead atoms. The summed E-state index contributed by atoms with van der Waals surface area (Å²) in [6, 6.07) is 24.7. The Hall–Kier alpha value is -5.72. The van der Waals surface area contributed by atoms with Crippen molar-refractivity contribution in [1.82, 2.24) is 15.5 Å². The molecule has 3 aromatic rings. The molecule has 13 nitrogen and oxygen atoms in total. The van der Waals surface area contributed by atoms with Gasteiger partial charge in [-0.15, -0.1) is 0 Å². The average molecular weight is 630 g/mol. The Bertz CT molecular complexity index is 1490. The lowest BCUT2D eigenvalue weighted by molar-refractivity contribution is -0.178. The van der Waals surface area contributed by atoms with Crippen LogP contribution in [0.3, 0.4) is 0 Å². The van der Waals surface area contributed by atoms with Crippen molar-refractivity contribution in [2.24, 2.45) is 10.4 Å². The summed E-state index contributed by atoms with van der Waals surface area (Å²) in [6.45, 7) is 1.58. The summed E-state index contributed by atoms with van der Waals surface area (Å²) in [5, 5.41) is 7.43. The Morgan fingerprint density at radius 3 is 1.80 bits per heavy atom. The van der Waals surface area contributed by atoms with Crippen LogP contribution in [0, 0.1) is 5.41 Å². The maximum atomic E-state index is 13.2. The number of nitrogens with one attached hydrogen (secondary N) is 3. The van der Waals surface area contributed by atoms with Crippen LogP contribution in [0.4, 0.5) is 20.1 Å². The number of likely N-dealkylation sites (tertiary alicyclic amines) is 1. The molecule has 13 heteroatoms. The van der Waals surface area contributed by atoms with Gasteiger partial charge in [0.2, 0.25) is 11.9 Å². The summed E-state index contributed by atoms with van der Waals surface area (Å²) in [5.74, 6) is -1.51. The van der Waals surface area contributed by atoms with Gasteiger partial charge in [-0.1, -0.05) is 78.9 Å². The maximum absolute atomic E-state index is 13.2. The number of para-hydroxylation sites is 1. The number of ether oxygens (including phenoxy) is 3. The number of urea groups is 1. The van der Waals surface area contributed by atoms with Gasteiger partial charge in [-0.25, -0.2) is 24.1 Å². The topological polar surface area (TPSA) is 165 Å². The van der Waals surface area contributed by atoms with E-state index in [9.17, 15) is 24.0 Å². The van der Waals surface area contributed by atoms with Crippen LogP contribution in [-0.2, 0) is 37.0 Å². The van der Waals surface area contributed by atoms with Crippen LogP contribution in [0.1, 0.15) is 30.9 Å². The number of carbonyl (C=O) groups excluding carboxylic acids is 5. The fraction of sp³-hybridized carbons (Fsp3) is 0.273. The normalized spacial score (nSPS) is 16.7. The van der Waals surface area contributed by atoms with E-state index in [2.05, 4.69) is 20.9 Å². The first-order valence-electron chi connectivity index (χ1n) is 14.5. The van der Waals surface area contributed by atoms with E-state index in [-0.39, 0.29) is 38.6 Å². The van der Waals surface area contributed by atoms with Gasteiger partial charge in [0.15, 0.2) is 6.04 Å². The number of esters is 1. The summed E-state index contributed by atoms with van der Waals surface area (Å²) >= 11 is 0. The highest BCUT2D eigenvalue weighted by molar-refractivity contribution is 6.13. The predicted molar refractivity (Wildman–Crippen MR) is 167 cm³/mol. The van der Waals surface area contributed by atoms with Crippen LogP contribution in [0.15, 0.2) is 96.0 Å². The van der Waals surface area contributed by atoms with E-state index in [0.29, 0.717) is 5.69 Å². The number of alkyl carbamates (subject to hydrolysis) is 2. The molecule has 0 saturated carbocycles. The van der Waals surface area contributed by atoms with Crippen LogP contribution in [0.5, 0.6) is 0 Å². The fourth-order valence-corrected chi connectivity index (χ4v) is 4.82. The first-order chi connectivity index (χ1) is 22.2. The zero-order valence-corrected chi connectivity index (χ0v) is 25.4. The van der Waals surface area contributed by atoms with E-state index in [4.69, 9.17) is 14.2 Å². The van der Waals surface area contributed by atoms with Crippen molar-refractivity contribution in [3.8, 4) is 0 Å². The Kier molecular flexibility index (Phi) is 11.4. The van der Waals surface area contributed by atoms with Crippen LogP contribution in [0.2, 0.25) is 0 Å². The number of guanidine groups is 1. The molecule has 0 spiro atoms. The molecule has 4 rings (SSSR count). The molecule has 3 aromatic carbocycles. The lowest BCUT2D eigenvalue weighted by atomic mass is 9.69. The molecular weight excluding hydrogens is 594 g/mol. The van der Waals surface area contributed by atoms with Crippen molar-refractivity contribution < 1.29 is 38.2 Å². The number of methoxy groups -OCH3 is 1. The number of rotatable bonds is 10. The number of anilines is 1. The minimum absolute atomic E-state index is 0.0118. The number of hydrogen-bond acceptors (Lipinski definition) is 9. The summed E-state index contributed by atoms with van der Waals surface area (Å²) in [4.78, 5) is 69.0. The number of hydrogen-bond donors (Lipinski definition) is 3. The number of amides is 5. The van der Waals surface area contributed by atoms with E-state index >= 15 is 0 Å². The molecule has 0 aromatic heterocycles. The molecule has 46 heavy (non-hydrogen) atoms. The Morgan fingerprint density at radius 2 is 1.30 bits per heavy atom. The number of imide groups is 1.